The number of aliphatic hydroxyl groups excluding tert-OH is 17. The van der Waals surface area contributed by atoms with Gasteiger partial charge in [0.15, 0.2) is 37.7 Å². The van der Waals surface area contributed by atoms with Crippen molar-refractivity contribution in [2.24, 2.45) is 0 Å². The number of ether oxygens (including phenoxy) is 12. The largest absolute Gasteiger partial charge is 0.394 e. The SMILES string of the molecule is CCCCCCCCCCCCC/C=C/[C@@H](O)[C@H](CO[C@@H]1OC(CO)[C@@H](O[C@@H]2OC(CO)[C@H](O)[C@H](O[C@@H]3OC(CO)[C@@H](O[C@@H]4OC(CO)[C@H](O)[C@H](O)C4O[C@H]4OC(C)[C@@H](O)C(O)[C@@H]4O)[C@H](O[C@H]4OC(C)[C@@H](O)C(O)[C@@H]4O)C3NC(C)=O)C2O)[C@H](O)C1O)NC(=O)CCCCCCCCCCCCCCCCCCCCC. The van der Waals surface area contributed by atoms with Crippen molar-refractivity contribution in [2.45, 2.75) is 436 Å². The molecule has 6 saturated heterocycles. The van der Waals surface area contributed by atoms with Crippen molar-refractivity contribution < 1.29 is 153 Å². The quantitative estimate of drug-likeness (QED) is 0.0299. The lowest BCUT2D eigenvalue weighted by Crippen LogP contribution is -2.71. The first-order chi connectivity index (χ1) is 53.3. The second-order valence-electron chi connectivity index (χ2n) is 31.3. The lowest BCUT2D eigenvalue weighted by molar-refractivity contribution is -0.401. The van der Waals surface area contributed by atoms with E-state index in [1.807, 2.05) is 6.08 Å². The number of unbranched alkanes of at least 4 members (excludes halogenated alkanes) is 29. The molecule has 0 radical (unpaired) electrons. The van der Waals surface area contributed by atoms with Gasteiger partial charge in [-0.1, -0.05) is 206 Å². The molecule has 33 nitrogen and oxygen atoms in total. The molecule has 12 unspecified atom stereocenters. The van der Waals surface area contributed by atoms with Crippen LogP contribution in [0.1, 0.15) is 240 Å². The van der Waals surface area contributed by atoms with E-state index < -0.39 is 235 Å². The summed E-state index contributed by atoms with van der Waals surface area (Å²) in [4.78, 5) is 27.0. The van der Waals surface area contributed by atoms with Gasteiger partial charge in [-0.05, 0) is 33.1 Å². The lowest BCUT2D eigenvalue weighted by atomic mass is 9.93. The van der Waals surface area contributed by atoms with Crippen LogP contribution in [0.3, 0.4) is 0 Å². The van der Waals surface area contributed by atoms with Gasteiger partial charge in [0, 0.05) is 13.3 Å². The molecule has 6 aliphatic rings. The topological polar surface area (TPSA) is 513 Å². The fraction of sp³-hybridized carbons (Fsp3) is 0.949. The summed E-state index contributed by atoms with van der Waals surface area (Å²) in [5, 5.41) is 195. The number of allylic oxidation sites excluding steroid dienone is 1. The van der Waals surface area contributed by atoms with Crippen LogP contribution >= 0.6 is 0 Å². The third-order valence-electron chi connectivity index (χ3n) is 22.2. The van der Waals surface area contributed by atoms with Gasteiger partial charge >= 0.3 is 0 Å². The molecule has 0 aromatic carbocycles. The number of aliphatic hydroxyl groups is 17. The predicted molar refractivity (Wildman–Crippen MR) is 398 cm³/mol. The summed E-state index contributed by atoms with van der Waals surface area (Å²) in [6.45, 7) is 3.59. The maximum Gasteiger partial charge on any atom is 0.220 e. The zero-order chi connectivity index (χ0) is 81.1. The molecule has 19 N–H and O–H groups in total. The number of rotatable bonds is 53. The van der Waals surface area contributed by atoms with Crippen molar-refractivity contribution in [3.8, 4) is 0 Å². The van der Waals surface area contributed by atoms with Crippen molar-refractivity contribution in [1.82, 2.24) is 10.6 Å². The third-order valence-corrected chi connectivity index (χ3v) is 22.2. The van der Waals surface area contributed by atoms with E-state index in [0.717, 1.165) is 58.3 Å². The Morgan fingerprint density at radius 3 is 1.22 bits per heavy atom. The van der Waals surface area contributed by atoms with Gasteiger partial charge < -0.3 is 154 Å². The Labute approximate surface area is 654 Å². The Morgan fingerprint density at radius 1 is 0.369 bits per heavy atom. The first kappa shape index (κ1) is 97.4. The normalized spacial score (nSPS) is 37.5. The maximum absolute atomic E-state index is 13.6. The van der Waals surface area contributed by atoms with Crippen molar-refractivity contribution in [1.29, 1.82) is 0 Å². The fourth-order valence-corrected chi connectivity index (χ4v) is 15.3. The molecule has 0 saturated carbocycles. The third kappa shape index (κ3) is 30.4. The first-order valence-electron chi connectivity index (χ1n) is 41.7. The summed E-state index contributed by atoms with van der Waals surface area (Å²) in [5.41, 5.74) is 0. The van der Waals surface area contributed by atoms with E-state index in [-0.39, 0.29) is 12.3 Å². The van der Waals surface area contributed by atoms with Gasteiger partial charge in [0.25, 0.3) is 0 Å². The molecule has 0 spiro atoms. The molecule has 0 aromatic heterocycles. The van der Waals surface area contributed by atoms with Gasteiger partial charge in [-0.25, -0.2) is 0 Å². The van der Waals surface area contributed by atoms with Crippen LogP contribution < -0.4 is 10.6 Å². The van der Waals surface area contributed by atoms with E-state index in [1.165, 1.54) is 149 Å². The molecule has 6 heterocycles. The van der Waals surface area contributed by atoms with Crippen LogP contribution in [0.15, 0.2) is 12.2 Å². The molecule has 6 fully saturated rings. The van der Waals surface area contributed by atoms with Crippen LogP contribution in [-0.4, -0.2) is 328 Å². The molecule has 111 heavy (non-hydrogen) atoms. The van der Waals surface area contributed by atoms with Gasteiger partial charge in [-0.15, -0.1) is 0 Å². The monoisotopic (exact) mass is 1600 g/mol. The van der Waals surface area contributed by atoms with Gasteiger partial charge in [-0.3, -0.25) is 9.59 Å². The molecule has 2 amide bonds. The average Bonchev–Trinajstić information content (AvgIpc) is 0.757. The minimum absolute atomic E-state index is 0.175. The van der Waals surface area contributed by atoms with E-state index in [4.69, 9.17) is 56.8 Å². The summed E-state index contributed by atoms with van der Waals surface area (Å²) in [6.07, 6.45) is -15.8. The Morgan fingerprint density at radius 2 is 0.739 bits per heavy atom. The van der Waals surface area contributed by atoms with E-state index in [0.29, 0.717) is 12.8 Å². The molecule has 0 aliphatic carbocycles. The molecule has 32 atom stereocenters. The minimum atomic E-state index is -2.24. The Hall–Kier alpha value is -2.48. The van der Waals surface area contributed by atoms with Crippen LogP contribution in [-0.2, 0) is 66.4 Å². The molecule has 0 aromatic rings. The van der Waals surface area contributed by atoms with Crippen LogP contribution in [0.4, 0.5) is 0 Å². The fourth-order valence-electron chi connectivity index (χ4n) is 15.3. The van der Waals surface area contributed by atoms with Gasteiger partial charge in [0.2, 0.25) is 11.8 Å². The van der Waals surface area contributed by atoms with E-state index in [2.05, 4.69) is 24.5 Å². The molecule has 6 rings (SSSR count). The minimum Gasteiger partial charge on any atom is -0.394 e. The Balaban J connectivity index is 1.13. The highest BCUT2D eigenvalue weighted by atomic mass is 16.8. The molecule has 650 valence electrons. The molecule has 0 bridgehead atoms. The van der Waals surface area contributed by atoms with E-state index in [1.54, 1.807) is 6.08 Å². The zero-order valence-corrected chi connectivity index (χ0v) is 66.1. The van der Waals surface area contributed by atoms with Crippen LogP contribution in [0.25, 0.3) is 0 Å². The average molecular weight is 1600 g/mol. The molecule has 6 aliphatic heterocycles. The number of carbonyl (C=O) groups is 2. The summed E-state index contributed by atoms with van der Waals surface area (Å²) in [7, 11) is 0. The van der Waals surface area contributed by atoms with Crippen LogP contribution in [0, 0.1) is 0 Å². The number of nitrogens with one attached hydrogen (secondary N) is 2. The number of carbonyl (C=O) groups excluding carboxylic acids is 2. The summed E-state index contributed by atoms with van der Waals surface area (Å²) in [6, 6.07) is -2.95. The number of hydrogen-bond acceptors (Lipinski definition) is 31. The smallest absolute Gasteiger partial charge is 0.220 e. The first-order valence-corrected chi connectivity index (χ1v) is 41.7. The second kappa shape index (κ2) is 52.4. The highest BCUT2D eigenvalue weighted by Crippen LogP contribution is 2.39. The van der Waals surface area contributed by atoms with Crippen molar-refractivity contribution in [2.75, 3.05) is 33.0 Å². The van der Waals surface area contributed by atoms with Crippen LogP contribution in [0.5, 0.6) is 0 Å². The number of hydrogen-bond donors (Lipinski definition) is 19. The maximum atomic E-state index is 13.6. The number of amides is 2. The van der Waals surface area contributed by atoms with Gasteiger partial charge in [0.05, 0.1) is 57.4 Å². The highest BCUT2D eigenvalue weighted by molar-refractivity contribution is 5.76. The summed E-state index contributed by atoms with van der Waals surface area (Å²) >= 11 is 0. The molecular weight excluding hydrogens is 1460 g/mol. The second-order valence-corrected chi connectivity index (χ2v) is 31.3. The van der Waals surface area contributed by atoms with Gasteiger partial charge in [-0.2, -0.15) is 0 Å². The molecular formula is C78H142N2O31. The predicted octanol–water partition coefficient (Wildman–Crippen LogP) is 1.05. The van der Waals surface area contributed by atoms with Crippen LogP contribution in [0.2, 0.25) is 0 Å². The van der Waals surface area contributed by atoms with Crippen molar-refractivity contribution in [3.63, 3.8) is 0 Å². The Kier molecular flexibility index (Phi) is 46.0. The Bertz CT molecular complexity index is 2510. The lowest BCUT2D eigenvalue weighted by Gasteiger charge is -2.52. The van der Waals surface area contributed by atoms with Crippen molar-refractivity contribution >= 4 is 11.8 Å². The standard InChI is InChI=1S/C78H142N2O31/c1-6-8-10-12-14-16-18-20-21-22-23-24-25-27-29-31-33-35-37-39-54(87)80-48(49(86)38-36-34-32-30-28-26-19-17-15-13-11-9-7-2)44-100-74-66(98)63(95)68(52(42-83)106-74)107-77-67(99)71(59(91)51(41-82)103-77)110-73-55(79-47(5)85)70(109-75-64(96)60(92)56(88)45(3)101-75)69(53(43-84)105-73)108-78-72(62(94)58(90)50(40-81)104-78)111-76-65(97)61(93)57(89)46(4)102-76/h36,38,45-46,48-53,55-78,81-84,86,88-99H,6-35,37,39-44H2,1-5H3,(H,79,85)(H,80,87)/b38-36+/t45?,46?,48-,49+,50?,51?,52?,53?,55?,56+,57+,58-,59-,60?,61?,62-,63+,64-,65-,66?,67?,68+,69+,70+,71-,72?,73-,74+,75+,76+,77-,78-/m0/s1. The molecule has 33 heteroatoms. The van der Waals surface area contributed by atoms with Gasteiger partial charge in [0.1, 0.15) is 134 Å². The summed E-state index contributed by atoms with van der Waals surface area (Å²) in [5.74, 6) is -1.23. The zero-order valence-electron chi connectivity index (χ0n) is 66.1. The van der Waals surface area contributed by atoms with E-state index in [9.17, 15) is 96.4 Å². The highest BCUT2D eigenvalue weighted by Gasteiger charge is 2.59. The van der Waals surface area contributed by atoms with Crippen molar-refractivity contribution in [3.05, 3.63) is 12.2 Å². The summed E-state index contributed by atoms with van der Waals surface area (Å²) < 4.78 is 72.5. The van der Waals surface area contributed by atoms with E-state index >= 15 is 0 Å².